The Balaban J connectivity index is 1.48. The quantitative estimate of drug-likeness (QED) is 0.468. The molecule has 2 aliphatic rings. The van der Waals surface area contributed by atoms with E-state index in [4.69, 9.17) is 4.98 Å². The molecule has 0 bridgehead atoms. The largest absolute Gasteiger partial charge is 0.245 e. The Labute approximate surface area is 163 Å². The van der Waals surface area contributed by atoms with Crippen molar-refractivity contribution in [2.45, 2.75) is 13.8 Å². The van der Waals surface area contributed by atoms with Gasteiger partial charge in [-0.25, -0.2) is 14.6 Å². The molecule has 3 heterocycles. The predicted molar refractivity (Wildman–Crippen MR) is 109 cm³/mol. The molecule has 135 valence electrons. The molecule has 0 fully saturated rings. The number of imidazole rings is 1. The second-order valence-electron chi connectivity index (χ2n) is 6.87. The third-order valence-corrected chi connectivity index (χ3v) is 5.00. The Hall–Kier alpha value is -3.73. The first-order chi connectivity index (χ1) is 13.7. The van der Waals surface area contributed by atoms with Gasteiger partial charge in [-0.2, -0.15) is 9.89 Å². The number of aromatic nitrogens is 5. The van der Waals surface area contributed by atoms with Gasteiger partial charge in [0.2, 0.25) is 0 Å². The lowest BCUT2D eigenvalue weighted by Crippen LogP contribution is -2.09. The van der Waals surface area contributed by atoms with Gasteiger partial charge in [-0.15, -0.1) is 0 Å². The number of rotatable bonds is 3. The van der Waals surface area contributed by atoms with Gasteiger partial charge in [0.05, 0.1) is 18.1 Å². The minimum atomic E-state index is 0.726. The minimum absolute atomic E-state index is 0.726. The van der Waals surface area contributed by atoms with Crippen LogP contribution in [0.2, 0.25) is 0 Å². The van der Waals surface area contributed by atoms with Crippen LogP contribution >= 0.6 is 0 Å². The fourth-order valence-electron chi connectivity index (χ4n) is 3.24. The van der Waals surface area contributed by atoms with Gasteiger partial charge in [-0.1, -0.05) is 42.5 Å². The number of hydrogen-bond acceptors (Lipinski definition) is 3. The lowest BCUT2D eigenvalue weighted by molar-refractivity contribution is 0.565. The molecule has 1 radical (unpaired) electrons. The van der Waals surface area contributed by atoms with Gasteiger partial charge in [-0.3, -0.25) is 0 Å². The summed E-state index contributed by atoms with van der Waals surface area (Å²) in [5, 5.41) is 4.18. The van der Waals surface area contributed by atoms with Crippen molar-refractivity contribution < 1.29 is 0 Å². The van der Waals surface area contributed by atoms with Crippen LogP contribution in [0.15, 0.2) is 73.2 Å². The Bertz CT molecular complexity index is 1220. The minimum Gasteiger partial charge on any atom is -0.245 e. The van der Waals surface area contributed by atoms with Crippen LogP contribution in [0.1, 0.15) is 11.1 Å². The van der Waals surface area contributed by atoms with Crippen LogP contribution in [0.3, 0.4) is 0 Å². The number of pyridine rings is 1. The summed E-state index contributed by atoms with van der Waals surface area (Å²) in [7, 11) is 0. The lowest BCUT2D eigenvalue weighted by Gasteiger charge is -2.06. The van der Waals surface area contributed by atoms with Gasteiger partial charge < -0.3 is 0 Å². The standard InChI is InChI=1S/C23H18N5/c1-16-4-5-20(14-17(16)2)18-6-8-19(9-7-18)23-25-21-10-13-27(15-22(21)26-23)28-12-3-11-24-28/h3-11,13-15H,1-2H3. The molecule has 0 unspecified atom stereocenters. The van der Waals surface area contributed by atoms with Gasteiger partial charge in [0.1, 0.15) is 11.9 Å². The Morgan fingerprint density at radius 2 is 1.54 bits per heavy atom. The Morgan fingerprint density at radius 3 is 2.29 bits per heavy atom. The van der Waals surface area contributed by atoms with E-state index in [0.717, 1.165) is 22.8 Å². The van der Waals surface area contributed by atoms with Crippen molar-refractivity contribution in [3.63, 3.8) is 0 Å². The van der Waals surface area contributed by atoms with Gasteiger partial charge in [0, 0.05) is 11.8 Å². The highest BCUT2D eigenvalue weighted by atomic mass is 15.6. The monoisotopic (exact) mass is 364 g/mol. The van der Waals surface area contributed by atoms with Gasteiger partial charge in [-0.05, 0) is 48.2 Å². The fraction of sp³-hybridized carbons (Fsp3) is 0.0870. The molecule has 2 aliphatic heterocycles. The number of aryl methyl sites for hydroxylation is 2. The molecule has 0 saturated carbocycles. The molecule has 3 aromatic rings. The first-order valence-corrected chi connectivity index (χ1v) is 9.13. The molecule has 28 heavy (non-hydrogen) atoms. The van der Waals surface area contributed by atoms with E-state index in [1.54, 1.807) is 17.1 Å². The Morgan fingerprint density at radius 1 is 0.786 bits per heavy atom. The molecule has 5 heteroatoms. The second kappa shape index (κ2) is 6.46. The van der Waals surface area contributed by atoms with Crippen LogP contribution in [0.25, 0.3) is 33.9 Å². The third-order valence-electron chi connectivity index (χ3n) is 5.00. The van der Waals surface area contributed by atoms with E-state index in [1.807, 2.05) is 23.1 Å². The summed E-state index contributed by atoms with van der Waals surface area (Å²) in [4.78, 5) is 11.0. The van der Waals surface area contributed by atoms with E-state index in [9.17, 15) is 0 Å². The van der Waals surface area contributed by atoms with E-state index >= 15 is 0 Å². The van der Waals surface area contributed by atoms with Crippen molar-refractivity contribution in [2.75, 3.05) is 0 Å². The van der Waals surface area contributed by atoms with Crippen LogP contribution in [0.5, 0.6) is 0 Å². The zero-order valence-electron chi connectivity index (χ0n) is 15.7. The SMILES string of the molecule is Cc1ccc(-c2ccc(-c3nc4ccn(-n5[c]ccn5)cc-4n3)cc2)cc1C. The summed E-state index contributed by atoms with van der Waals surface area (Å²) in [5.41, 5.74) is 7.70. The van der Waals surface area contributed by atoms with Gasteiger partial charge >= 0.3 is 0 Å². The van der Waals surface area contributed by atoms with Crippen molar-refractivity contribution in [1.82, 2.24) is 24.5 Å². The number of fused-ring (bicyclic) bond motifs is 1. The van der Waals surface area contributed by atoms with Crippen LogP contribution in [0, 0.1) is 20.0 Å². The van der Waals surface area contributed by atoms with Gasteiger partial charge in [0.15, 0.2) is 5.82 Å². The van der Waals surface area contributed by atoms with E-state index in [2.05, 4.69) is 72.6 Å². The maximum Gasteiger partial charge on any atom is 0.160 e. The Kier molecular flexibility index (Phi) is 3.79. The molecule has 0 N–H and O–H groups in total. The van der Waals surface area contributed by atoms with E-state index in [1.165, 1.54) is 22.3 Å². The van der Waals surface area contributed by atoms with Crippen LogP contribution in [0.4, 0.5) is 0 Å². The highest BCUT2D eigenvalue weighted by molar-refractivity contribution is 5.71. The average molecular weight is 364 g/mol. The summed E-state index contributed by atoms with van der Waals surface area (Å²) in [6.07, 6.45) is 8.49. The zero-order chi connectivity index (χ0) is 19.1. The van der Waals surface area contributed by atoms with Crippen LogP contribution in [-0.2, 0) is 0 Å². The van der Waals surface area contributed by atoms with E-state index in [-0.39, 0.29) is 0 Å². The topological polar surface area (TPSA) is 48.5 Å². The fourth-order valence-corrected chi connectivity index (χ4v) is 3.24. The van der Waals surface area contributed by atoms with E-state index in [0.29, 0.717) is 0 Å². The highest BCUT2D eigenvalue weighted by Gasteiger charge is 2.13. The summed E-state index contributed by atoms with van der Waals surface area (Å²) in [6, 6.07) is 18.7. The van der Waals surface area contributed by atoms with Crippen molar-refractivity contribution in [2.24, 2.45) is 0 Å². The molecule has 5 nitrogen and oxygen atoms in total. The molecular weight excluding hydrogens is 346 g/mol. The summed E-state index contributed by atoms with van der Waals surface area (Å²) >= 11 is 0. The predicted octanol–water partition coefficient (Wildman–Crippen LogP) is 4.64. The molecule has 0 amide bonds. The van der Waals surface area contributed by atoms with Crippen LogP contribution in [-0.4, -0.2) is 24.5 Å². The summed E-state index contributed by atoms with van der Waals surface area (Å²) in [5.74, 6) is 0.726. The molecular formula is C23H18N5. The number of hydrogen-bond donors (Lipinski definition) is 0. The van der Waals surface area contributed by atoms with Crippen molar-refractivity contribution in [1.29, 1.82) is 0 Å². The average Bonchev–Trinajstić information content (AvgIpc) is 3.39. The normalized spacial score (nSPS) is 11.2. The van der Waals surface area contributed by atoms with Crippen molar-refractivity contribution in [3.8, 4) is 33.9 Å². The summed E-state index contributed by atoms with van der Waals surface area (Å²) in [6.45, 7) is 4.28. The molecule has 0 spiro atoms. The molecule has 5 rings (SSSR count). The number of benzene rings is 2. The molecule has 0 saturated heterocycles. The lowest BCUT2D eigenvalue weighted by atomic mass is 9.99. The second-order valence-corrected chi connectivity index (χ2v) is 6.87. The van der Waals surface area contributed by atoms with Crippen molar-refractivity contribution >= 4 is 0 Å². The third kappa shape index (κ3) is 2.87. The van der Waals surface area contributed by atoms with Crippen LogP contribution < -0.4 is 0 Å². The zero-order valence-corrected chi connectivity index (χ0v) is 15.7. The molecule has 0 atom stereocenters. The summed E-state index contributed by atoms with van der Waals surface area (Å²) < 4.78 is 1.82. The molecule has 0 aliphatic carbocycles. The number of nitrogens with zero attached hydrogens (tertiary/aromatic N) is 5. The van der Waals surface area contributed by atoms with E-state index < -0.39 is 0 Å². The first-order valence-electron chi connectivity index (χ1n) is 9.13. The highest BCUT2D eigenvalue weighted by Crippen LogP contribution is 2.28. The smallest absolute Gasteiger partial charge is 0.160 e. The van der Waals surface area contributed by atoms with Gasteiger partial charge in [0.25, 0.3) is 0 Å². The van der Waals surface area contributed by atoms with Crippen molar-refractivity contribution in [3.05, 3.63) is 90.5 Å². The maximum absolute atomic E-state index is 4.69. The molecule has 2 aromatic carbocycles. The molecule has 1 aromatic heterocycles. The maximum atomic E-state index is 4.69. The first kappa shape index (κ1) is 16.4.